The Morgan fingerprint density at radius 2 is 1.84 bits per heavy atom. The molecule has 9 heteroatoms. The van der Waals surface area contributed by atoms with Crippen LogP contribution in [0.15, 0.2) is 42.5 Å². The number of imidazole rings is 1. The number of anilines is 1. The zero-order chi connectivity index (χ0) is 22.1. The molecule has 0 bridgehead atoms. The van der Waals surface area contributed by atoms with E-state index in [9.17, 15) is 19.8 Å². The van der Waals surface area contributed by atoms with Crippen LogP contribution in [0.3, 0.4) is 0 Å². The molecule has 0 aliphatic carbocycles. The summed E-state index contributed by atoms with van der Waals surface area (Å²) >= 11 is 0. The highest BCUT2D eigenvalue weighted by Gasteiger charge is 2.20. The van der Waals surface area contributed by atoms with Gasteiger partial charge in [-0.05, 0) is 42.8 Å². The fraction of sp³-hybridized carbons (Fsp3) is 0.318. The van der Waals surface area contributed by atoms with Crippen molar-refractivity contribution in [3.8, 4) is 5.69 Å². The first-order valence-electron chi connectivity index (χ1n) is 10.1. The summed E-state index contributed by atoms with van der Waals surface area (Å²) in [5, 5.41) is 21.5. The van der Waals surface area contributed by atoms with Crippen LogP contribution in [-0.2, 0) is 4.79 Å². The van der Waals surface area contributed by atoms with Gasteiger partial charge in [-0.15, -0.1) is 0 Å². The lowest BCUT2D eigenvalue weighted by molar-refractivity contribution is -0.255. The molecule has 2 heterocycles. The lowest BCUT2D eigenvalue weighted by Crippen LogP contribution is -2.48. The van der Waals surface area contributed by atoms with E-state index in [-0.39, 0.29) is 18.0 Å². The minimum Gasteiger partial charge on any atom is -0.545 e. The van der Waals surface area contributed by atoms with Crippen molar-refractivity contribution in [2.24, 2.45) is 5.73 Å². The molecule has 1 atom stereocenters. The van der Waals surface area contributed by atoms with E-state index >= 15 is 0 Å². The highest BCUT2D eigenvalue weighted by molar-refractivity contribution is 5.91. The quantitative estimate of drug-likeness (QED) is 0.574. The monoisotopic (exact) mass is 422 g/mol. The van der Waals surface area contributed by atoms with Crippen LogP contribution in [0.4, 0.5) is 5.69 Å². The van der Waals surface area contributed by atoms with Crippen molar-refractivity contribution in [2.75, 3.05) is 37.6 Å². The molecule has 0 radical (unpaired) electrons. The second-order valence-corrected chi connectivity index (χ2v) is 7.72. The first kappa shape index (κ1) is 20.8. The van der Waals surface area contributed by atoms with Crippen molar-refractivity contribution < 1.29 is 19.8 Å². The standard InChI is InChI=1S/C22H25N5O4/c1-14(28)21-24-18-11-15(22(30)31)5-6-19(18)27(21)17-4-2-3-16(12-17)26-9-7-25(8-10-26)13-20(23)29/h2-6,11-12,14,28H,7-10,13H2,1H3,(H2,23,29)(H,30,31)/p-1. The van der Waals surface area contributed by atoms with Gasteiger partial charge in [-0.2, -0.15) is 0 Å². The second kappa shape index (κ2) is 8.37. The second-order valence-electron chi connectivity index (χ2n) is 7.72. The molecule has 4 rings (SSSR count). The number of nitrogens with two attached hydrogens (primary N) is 1. The number of carboxylic acids is 1. The number of aromatic nitrogens is 2. The van der Waals surface area contributed by atoms with Crippen LogP contribution in [0.1, 0.15) is 29.2 Å². The average Bonchev–Trinajstić information content (AvgIpc) is 3.13. The molecule has 31 heavy (non-hydrogen) atoms. The summed E-state index contributed by atoms with van der Waals surface area (Å²) < 4.78 is 1.84. The number of amides is 1. The third kappa shape index (κ3) is 4.23. The summed E-state index contributed by atoms with van der Waals surface area (Å²) in [6.07, 6.45) is -0.847. The maximum absolute atomic E-state index is 11.2. The lowest BCUT2D eigenvalue weighted by atomic mass is 10.2. The summed E-state index contributed by atoms with van der Waals surface area (Å²) in [6.45, 7) is 4.90. The number of primary amides is 1. The van der Waals surface area contributed by atoms with Gasteiger partial charge < -0.3 is 25.6 Å². The molecule has 1 unspecified atom stereocenters. The molecule has 1 aliphatic rings. The van der Waals surface area contributed by atoms with Crippen LogP contribution >= 0.6 is 0 Å². The first-order chi connectivity index (χ1) is 14.8. The van der Waals surface area contributed by atoms with Crippen molar-refractivity contribution in [2.45, 2.75) is 13.0 Å². The Bertz CT molecular complexity index is 1130. The van der Waals surface area contributed by atoms with Crippen LogP contribution in [0.5, 0.6) is 0 Å². The Morgan fingerprint density at radius 1 is 1.13 bits per heavy atom. The molecule has 3 aromatic rings. The third-order valence-corrected chi connectivity index (χ3v) is 5.49. The summed E-state index contributed by atoms with van der Waals surface area (Å²) in [6, 6.07) is 12.5. The van der Waals surface area contributed by atoms with Gasteiger partial charge in [0.2, 0.25) is 5.91 Å². The smallest absolute Gasteiger partial charge is 0.231 e. The normalized spacial score (nSPS) is 15.9. The molecular formula is C22H24N5O4-. The van der Waals surface area contributed by atoms with E-state index in [1.807, 2.05) is 33.7 Å². The topological polar surface area (TPSA) is 128 Å². The molecule has 9 nitrogen and oxygen atoms in total. The Labute approximate surface area is 179 Å². The van der Waals surface area contributed by atoms with Crippen molar-refractivity contribution >= 4 is 28.6 Å². The van der Waals surface area contributed by atoms with Gasteiger partial charge >= 0.3 is 0 Å². The Morgan fingerprint density at radius 3 is 2.48 bits per heavy atom. The van der Waals surface area contributed by atoms with Gasteiger partial charge in [0.15, 0.2) is 0 Å². The Kier molecular flexibility index (Phi) is 5.62. The van der Waals surface area contributed by atoms with Gasteiger partial charge in [-0.25, -0.2) is 4.98 Å². The van der Waals surface area contributed by atoms with Crippen molar-refractivity contribution in [3.63, 3.8) is 0 Å². The number of nitrogens with zero attached hydrogens (tertiary/aromatic N) is 4. The van der Waals surface area contributed by atoms with E-state index in [0.29, 0.717) is 16.9 Å². The fourth-order valence-corrected chi connectivity index (χ4v) is 3.99. The molecule has 1 aromatic heterocycles. The fourth-order valence-electron chi connectivity index (χ4n) is 3.99. The van der Waals surface area contributed by atoms with E-state index in [1.54, 1.807) is 13.0 Å². The number of fused-ring (bicyclic) bond motifs is 1. The van der Waals surface area contributed by atoms with Crippen molar-refractivity contribution in [1.29, 1.82) is 0 Å². The summed E-state index contributed by atoms with van der Waals surface area (Å²) in [7, 11) is 0. The number of benzene rings is 2. The zero-order valence-electron chi connectivity index (χ0n) is 17.2. The van der Waals surface area contributed by atoms with E-state index in [2.05, 4.69) is 9.88 Å². The lowest BCUT2D eigenvalue weighted by Gasteiger charge is -2.35. The zero-order valence-corrected chi connectivity index (χ0v) is 17.2. The van der Waals surface area contributed by atoms with E-state index < -0.39 is 12.1 Å². The largest absolute Gasteiger partial charge is 0.545 e. The molecule has 2 aromatic carbocycles. The number of piperazine rings is 1. The summed E-state index contributed by atoms with van der Waals surface area (Å²) in [5.41, 5.74) is 8.34. The molecule has 0 saturated carbocycles. The van der Waals surface area contributed by atoms with Gasteiger partial charge in [0.25, 0.3) is 0 Å². The minimum atomic E-state index is -1.27. The van der Waals surface area contributed by atoms with E-state index in [4.69, 9.17) is 5.73 Å². The SMILES string of the molecule is CC(O)c1nc2cc(C(=O)[O-])ccc2n1-c1cccc(N2CCN(CC(N)=O)CC2)c1. The van der Waals surface area contributed by atoms with Gasteiger partial charge in [0.1, 0.15) is 11.9 Å². The molecular weight excluding hydrogens is 398 g/mol. The molecule has 0 spiro atoms. The van der Waals surface area contributed by atoms with Gasteiger partial charge in [0, 0.05) is 37.6 Å². The Hall–Kier alpha value is -3.43. The van der Waals surface area contributed by atoms with E-state index in [0.717, 1.165) is 37.6 Å². The van der Waals surface area contributed by atoms with Gasteiger partial charge in [-0.1, -0.05) is 12.1 Å². The van der Waals surface area contributed by atoms with Crippen LogP contribution in [-0.4, -0.2) is 64.2 Å². The molecule has 162 valence electrons. The van der Waals surface area contributed by atoms with Crippen molar-refractivity contribution in [1.82, 2.24) is 14.5 Å². The first-order valence-corrected chi connectivity index (χ1v) is 10.1. The maximum atomic E-state index is 11.2. The number of carbonyl (C=O) groups excluding carboxylic acids is 2. The number of aliphatic hydroxyl groups excluding tert-OH is 1. The number of hydrogen-bond donors (Lipinski definition) is 2. The maximum Gasteiger partial charge on any atom is 0.231 e. The third-order valence-electron chi connectivity index (χ3n) is 5.49. The van der Waals surface area contributed by atoms with Gasteiger partial charge in [0.05, 0.1) is 23.5 Å². The summed E-state index contributed by atoms with van der Waals surface area (Å²) in [4.78, 5) is 31.1. The predicted molar refractivity (Wildman–Crippen MR) is 114 cm³/mol. The van der Waals surface area contributed by atoms with Crippen LogP contribution in [0.2, 0.25) is 0 Å². The molecule has 1 amide bonds. The highest BCUT2D eigenvalue weighted by atomic mass is 16.4. The number of aliphatic hydroxyl groups is 1. The number of aromatic carboxylic acids is 1. The van der Waals surface area contributed by atoms with Crippen LogP contribution in [0.25, 0.3) is 16.7 Å². The van der Waals surface area contributed by atoms with Gasteiger partial charge in [-0.3, -0.25) is 14.3 Å². The van der Waals surface area contributed by atoms with E-state index in [1.165, 1.54) is 12.1 Å². The van der Waals surface area contributed by atoms with Crippen molar-refractivity contribution in [3.05, 3.63) is 53.9 Å². The number of rotatable bonds is 6. The molecule has 1 aliphatic heterocycles. The molecule has 3 N–H and O–H groups in total. The number of carboxylic acid groups (broad SMARTS) is 1. The molecule has 1 saturated heterocycles. The Balaban J connectivity index is 1.68. The minimum absolute atomic E-state index is 0.0388. The number of carbonyl (C=O) groups is 2. The predicted octanol–water partition coefficient (Wildman–Crippen LogP) is 0.0496. The number of hydrogen-bond acceptors (Lipinski definition) is 7. The highest BCUT2D eigenvalue weighted by Crippen LogP contribution is 2.28. The molecule has 1 fully saturated rings. The summed E-state index contributed by atoms with van der Waals surface area (Å²) in [5.74, 6) is -1.17. The van der Waals surface area contributed by atoms with Crippen LogP contribution < -0.4 is 15.7 Å². The van der Waals surface area contributed by atoms with Crippen LogP contribution in [0, 0.1) is 0 Å². The average molecular weight is 422 g/mol.